The number of aryl methyl sites for hydroxylation is 4. The van der Waals surface area contributed by atoms with Crippen LogP contribution in [0.25, 0.3) is 0 Å². The van der Waals surface area contributed by atoms with Gasteiger partial charge in [-0.1, -0.05) is 5.16 Å². The van der Waals surface area contributed by atoms with E-state index in [1.165, 1.54) is 0 Å². The minimum Gasteiger partial charge on any atom is -0.375 e. The fourth-order valence-electron chi connectivity index (χ4n) is 2.98. The lowest BCUT2D eigenvalue weighted by molar-refractivity contribution is -0.0247. The van der Waals surface area contributed by atoms with Crippen molar-refractivity contribution >= 4 is 5.91 Å². The zero-order valence-corrected chi connectivity index (χ0v) is 14.3. The molecule has 2 aromatic heterocycles. The van der Waals surface area contributed by atoms with E-state index in [1.807, 2.05) is 17.9 Å². The van der Waals surface area contributed by atoms with E-state index in [9.17, 15) is 4.79 Å². The number of aromatic nitrogens is 3. The number of amides is 1. The van der Waals surface area contributed by atoms with Gasteiger partial charge in [0, 0.05) is 24.5 Å². The Morgan fingerprint density at radius 1 is 1.33 bits per heavy atom. The number of carbonyl (C=O) groups is 1. The van der Waals surface area contributed by atoms with E-state index in [2.05, 4.69) is 15.1 Å². The first kappa shape index (κ1) is 16.6. The van der Waals surface area contributed by atoms with Gasteiger partial charge in [0.25, 0.3) is 5.91 Å². The highest BCUT2D eigenvalue weighted by atomic mass is 16.5. The Kier molecular flexibility index (Phi) is 4.89. The molecule has 3 heterocycles. The molecule has 1 amide bonds. The van der Waals surface area contributed by atoms with Gasteiger partial charge in [-0.05, 0) is 39.7 Å². The number of rotatable bonds is 4. The first-order chi connectivity index (χ1) is 11.5. The Hall–Kier alpha value is -2.28. The maximum Gasteiger partial charge on any atom is 0.259 e. The third-order valence-corrected chi connectivity index (χ3v) is 4.26. The zero-order chi connectivity index (χ0) is 17.1. The lowest BCUT2D eigenvalue weighted by Gasteiger charge is -2.33. The van der Waals surface area contributed by atoms with Gasteiger partial charge in [-0.3, -0.25) is 4.79 Å². The summed E-state index contributed by atoms with van der Waals surface area (Å²) in [6.45, 7) is 7.22. The van der Waals surface area contributed by atoms with E-state index in [1.54, 1.807) is 20.2 Å². The molecule has 2 aromatic rings. The molecule has 0 radical (unpaired) electrons. The number of nitrogens with zero attached hydrogens (tertiary/aromatic N) is 4. The van der Waals surface area contributed by atoms with Crippen LogP contribution in [-0.4, -0.2) is 51.7 Å². The fraction of sp³-hybridized carbons (Fsp3) is 0.529. The van der Waals surface area contributed by atoms with Gasteiger partial charge in [-0.25, -0.2) is 9.97 Å². The average molecular weight is 330 g/mol. The second-order valence-corrected chi connectivity index (χ2v) is 6.13. The summed E-state index contributed by atoms with van der Waals surface area (Å²) < 4.78 is 10.9. The van der Waals surface area contributed by atoms with E-state index >= 15 is 0 Å². The van der Waals surface area contributed by atoms with Gasteiger partial charge in [-0.2, -0.15) is 0 Å². The summed E-state index contributed by atoms with van der Waals surface area (Å²) in [7, 11) is 0. The number of hydrogen-bond donors (Lipinski definition) is 0. The maximum atomic E-state index is 12.7. The van der Waals surface area contributed by atoms with Crippen molar-refractivity contribution in [2.45, 2.75) is 39.7 Å². The Labute approximate surface area is 141 Å². The van der Waals surface area contributed by atoms with Crippen LogP contribution in [-0.2, 0) is 11.2 Å². The van der Waals surface area contributed by atoms with Crippen molar-refractivity contribution in [2.75, 3.05) is 19.7 Å². The molecule has 24 heavy (non-hydrogen) atoms. The molecule has 0 N–H and O–H groups in total. The van der Waals surface area contributed by atoms with Gasteiger partial charge in [0.1, 0.15) is 17.7 Å². The lowest BCUT2D eigenvalue weighted by atomic mass is 10.1. The monoisotopic (exact) mass is 330 g/mol. The summed E-state index contributed by atoms with van der Waals surface area (Å²) in [5, 5.41) is 3.87. The molecule has 0 aromatic carbocycles. The van der Waals surface area contributed by atoms with E-state index in [0.717, 1.165) is 24.2 Å². The molecule has 0 spiro atoms. The molecule has 0 aliphatic carbocycles. The number of hydrogen-bond acceptors (Lipinski definition) is 6. The first-order valence-corrected chi connectivity index (χ1v) is 8.16. The van der Waals surface area contributed by atoms with Crippen LogP contribution < -0.4 is 0 Å². The van der Waals surface area contributed by atoms with Crippen LogP contribution in [0.4, 0.5) is 0 Å². The highest BCUT2D eigenvalue weighted by Crippen LogP contribution is 2.18. The van der Waals surface area contributed by atoms with Gasteiger partial charge in [0.15, 0.2) is 0 Å². The molecule has 0 unspecified atom stereocenters. The summed E-state index contributed by atoms with van der Waals surface area (Å²) in [6.07, 6.45) is 3.22. The van der Waals surface area contributed by atoms with Gasteiger partial charge in [-0.15, -0.1) is 0 Å². The second-order valence-electron chi connectivity index (χ2n) is 6.13. The lowest BCUT2D eigenvalue weighted by Crippen LogP contribution is -2.46. The van der Waals surface area contributed by atoms with E-state index in [0.29, 0.717) is 36.7 Å². The van der Waals surface area contributed by atoms with Crippen LogP contribution in [0.2, 0.25) is 0 Å². The minimum absolute atomic E-state index is 0.0124. The molecular formula is C17H22N4O3. The van der Waals surface area contributed by atoms with Crippen LogP contribution in [0.15, 0.2) is 16.9 Å². The van der Waals surface area contributed by atoms with Crippen molar-refractivity contribution < 1.29 is 14.1 Å². The molecule has 1 aliphatic heterocycles. The minimum atomic E-state index is -0.0302. The molecule has 7 heteroatoms. The largest absolute Gasteiger partial charge is 0.375 e. The molecule has 0 bridgehead atoms. The highest BCUT2D eigenvalue weighted by Gasteiger charge is 2.28. The molecule has 1 saturated heterocycles. The van der Waals surface area contributed by atoms with Gasteiger partial charge in [0.2, 0.25) is 0 Å². The Morgan fingerprint density at radius 2 is 2.17 bits per heavy atom. The van der Waals surface area contributed by atoms with Crippen LogP contribution in [0.3, 0.4) is 0 Å². The Bertz CT molecular complexity index is 709. The predicted octanol–water partition coefficient (Wildman–Crippen LogP) is 1.86. The standard InChI is InChI=1S/C17H22N4O3/c1-11-8-14(19-10-18-11)4-5-15-9-21(6-7-23-15)17(22)16-12(2)20-24-13(16)3/h8,10,15H,4-7,9H2,1-3H3/t15-/m0/s1. The van der Waals surface area contributed by atoms with Crippen molar-refractivity contribution in [1.82, 2.24) is 20.0 Å². The first-order valence-electron chi connectivity index (χ1n) is 8.16. The van der Waals surface area contributed by atoms with Crippen molar-refractivity contribution in [3.05, 3.63) is 40.8 Å². The number of ether oxygens (including phenoxy) is 1. The second kappa shape index (κ2) is 7.09. The quantitative estimate of drug-likeness (QED) is 0.851. The molecule has 7 nitrogen and oxygen atoms in total. The zero-order valence-electron chi connectivity index (χ0n) is 14.3. The molecule has 1 fully saturated rings. The molecule has 3 rings (SSSR count). The normalized spacial score (nSPS) is 18.0. The third kappa shape index (κ3) is 3.62. The van der Waals surface area contributed by atoms with E-state index < -0.39 is 0 Å². The maximum absolute atomic E-state index is 12.7. The average Bonchev–Trinajstić information content (AvgIpc) is 2.91. The van der Waals surface area contributed by atoms with Crippen LogP contribution in [0.1, 0.15) is 39.6 Å². The topological polar surface area (TPSA) is 81.4 Å². The third-order valence-electron chi connectivity index (χ3n) is 4.26. The summed E-state index contributed by atoms with van der Waals surface area (Å²) in [5.74, 6) is 0.537. The van der Waals surface area contributed by atoms with Crippen molar-refractivity contribution in [2.24, 2.45) is 0 Å². The van der Waals surface area contributed by atoms with E-state index in [4.69, 9.17) is 9.26 Å². The molecule has 0 saturated carbocycles. The number of carbonyl (C=O) groups excluding carboxylic acids is 1. The molecule has 1 atom stereocenters. The fourth-order valence-corrected chi connectivity index (χ4v) is 2.98. The van der Waals surface area contributed by atoms with Crippen LogP contribution >= 0.6 is 0 Å². The van der Waals surface area contributed by atoms with Crippen LogP contribution in [0.5, 0.6) is 0 Å². The van der Waals surface area contributed by atoms with E-state index in [-0.39, 0.29) is 12.0 Å². The summed E-state index contributed by atoms with van der Waals surface area (Å²) >= 11 is 0. The molecule has 1 aliphatic rings. The SMILES string of the molecule is Cc1cc(CC[C@H]2CN(C(=O)c3c(C)noc3C)CCO2)ncn1. The van der Waals surface area contributed by atoms with Gasteiger partial charge < -0.3 is 14.2 Å². The number of morpholine rings is 1. The molecule has 128 valence electrons. The summed E-state index contributed by atoms with van der Waals surface area (Å²) in [5.41, 5.74) is 3.17. The summed E-state index contributed by atoms with van der Waals surface area (Å²) in [4.78, 5) is 22.9. The summed E-state index contributed by atoms with van der Waals surface area (Å²) in [6, 6.07) is 1.98. The van der Waals surface area contributed by atoms with Crippen molar-refractivity contribution in [1.29, 1.82) is 0 Å². The van der Waals surface area contributed by atoms with Gasteiger partial charge in [0.05, 0.1) is 18.4 Å². The predicted molar refractivity (Wildman–Crippen MR) is 86.7 cm³/mol. The molecular weight excluding hydrogens is 308 g/mol. The van der Waals surface area contributed by atoms with Crippen LogP contribution in [0, 0.1) is 20.8 Å². The Balaban J connectivity index is 1.61. The van der Waals surface area contributed by atoms with Crippen molar-refractivity contribution in [3.63, 3.8) is 0 Å². The smallest absolute Gasteiger partial charge is 0.259 e. The van der Waals surface area contributed by atoms with Crippen molar-refractivity contribution in [3.8, 4) is 0 Å². The van der Waals surface area contributed by atoms with Gasteiger partial charge >= 0.3 is 0 Å². The highest BCUT2D eigenvalue weighted by molar-refractivity contribution is 5.96. The Morgan fingerprint density at radius 3 is 2.88 bits per heavy atom.